The van der Waals surface area contributed by atoms with Crippen molar-refractivity contribution in [2.75, 3.05) is 0 Å². The Labute approximate surface area is 129 Å². The number of fused-ring (bicyclic) bond motifs is 1. The van der Waals surface area contributed by atoms with Gasteiger partial charge in [0, 0.05) is 10.1 Å². The molecule has 0 atom stereocenters. The van der Waals surface area contributed by atoms with Gasteiger partial charge in [-0.25, -0.2) is 0 Å². The number of thiophene rings is 1. The van der Waals surface area contributed by atoms with Crippen LogP contribution in [0.25, 0.3) is 10.1 Å². The zero-order chi connectivity index (χ0) is 14.1. The fourth-order valence-corrected chi connectivity index (χ4v) is 3.75. The van der Waals surface area contributed by atoms with E-state index in [1.807, 2.05) is 12.1 Å². The number of hydrogen-bond acceptors (Lipinski definition) is 3. The second kappa shape index (κ2) is 5.48. The predicted octanol–water partition coefficient (Wildman–Crippen LogP) is 4.73. The van der Waals surface area contributed by atoms with Gasteiger partial charge >= 0.3 is 0 Å². The minimum atomic E-state index is -0.233. The number of amides is 1. The van der Waals surface area contributed by atoms with Crippen LogP contribution in [0.1, 0.15) is 15.4 Å². The van der Waals surface area contributed by atoms with E-state index in [1.54, 1.807) is 24.5 Å². The third-order valence-electron chi connectivity index (χ3n) is 2.82. The molecule has 1 amide bonds. The maximum absolute atomic E-state index is 12.2. The summed E-state index contributed by atoms with van der Waals surface area (Å²) >= 11 is 13.7. The number of rotatable bonds is 3. The number of carbonyl (C=O) groups is 1. The van der Waals surface area contributed by atoms with E-state index in [2.05, 4.69) is 5.32 Å². The quantitative estimate of drug-likeness (QED) is 0.756. The lowest BCUT2D eigenvalue weighted by Crippen LogP contribution is -2.21. The number of halogens is 2. The molecule has 1 N–H and O–H groups in total. The molecular weight excluding hydrogens is 317 g/mol. The van der Waals surface area contributed by atoms with Crippen LogP contribution in [0, 0.1) is 0 Å². The summed E-state index contributed by atoms with van der Waals surface area (Å²) in [7, 11) is 0. The second-order valence-electron chi connectivity index (χ2n) is 4.12. The number of benzene rings is 1. The second-order valence-corrected chi connectivity index (χ2v) is 5.96. The standard InChI is InChI=1S/C14H9Cl2NO2S/c15-9-4-1-5-10-11(9)12(16)13(20-10)14(18)17-7-8-3-2-6-19-8/h1-6H,7H2,(H,17,18). The van der Waals surface area contributed by atoms with Gasteiger partial charge in [0.05, 0.1) is 22.9 Å². The van der Waals surface area contributed by atoms with Crippen LogP contribution in [0.2, 0.25) is 10.0 Å². The normalized spacial score (nSPS) is 10.9. The van der Waals surface area contributed by atoms with Gasteiger partial charge in [-0.05, 0) is 24.3 Å². The molecule has 3 rings (SSSR count). The fraction of sp³-hybridized carbons (Fsp3) is 0.0714. The first-order valence-electron chi connectivity index (χ1n) is 5.84. The molecule has 102 valence electrons. The summed E-state index contributed by atoms with van der Waals surface area (Å²) in [5.41, 5.74) is 0. The molecule has 3 nitrogen and oxygen atoms in total. The highest BCUT2D eigenvalue weighted by Gasteiger charge is 2.18. The van der Waals surface area contributed by atoms with Crippen molar-refractivity contribution < 1.29 is 9.21 Å². The molecule has 6 heteroatoms. The molecule has 0 aliphatic heterocycles. The van der Waals surface area contributed by atoms with Gasteiger partial charge in [0.25, 0.3) is 5.91 Å². The van der Waals surface area contributed by atoms with E-state index in [9.17, 15) is 4.79 Å². The molecular formula is C14H9Cl2NO2S. The minimum Gasteiger partial charge on any atom is -0.467 e. The molecule has 2 heterocycles. The van der Waals surface area contributed by atoms with Gasteiger partial charge in [-0.15, -0.1) is 11.3 Å². The first-order valence-corrected chi connectivity index (χ1v) is 7.41. The van der Waals surface area contributed by atoms with E-state index in [-0.39, 0.29) is 5.91 Å². The Balaban J connectivity index is 1.88. The summed E-state index contributed by atoms with van der Waals surface area (Å²) in [4.78, 5) is 12.6. The van der Waals surface area contributed by atoms with Gasteiger partial charge in [-0.2, -0.15) is 0 Å². The molecule has 0 radical (unpaired) electrons. The largest absolute Gasteiger partial charge is 0.467 e. The fourth-order valence-electron chi connectivity index (χ4n) is 1.88. The van der Waals surface area contributed by atoms with Crippen LogP contribution < -0.4 is 5.32 Å². The zero-order valence-electron chi connectivity index (χ0n) is 10.2. The van der Waals surface area contributed by atoms with Gasteiger partial charge < -0.3 is 9.73 Å². The van der Waals surface area contributed by atoms with Crippen molar-refractivity contribution in [2.24, 2.45) is 0 Å². The predicted molar refractivity (Wildman–Crippen MR) is 81.7 cm³/mol. The Morgan fingerprint density at radius 2 is 2.10 bits per heavy atom. The smallest absolute Gasteiger partial charge is 0.263 e. The van der Waals surface area contributed by atoms with Crippen LogP contribution in [-0.4, -0.2) is 5.91 Å². The van der Waals surface area contributed by atoms with Crippen molar-refractivity contribution in [3.05, 3.63) is 57.3 Å². The monoisotopic (exact) mass is 325 g/mol. The van der Waals surface area contributed by atoms with Crippen LogP contribution in [0.5, 0.6) is 0 Å². The van der Waals surface area contributed by atoms with Gasteiger partial charge in [0.2, 0.25) is 0 Å². The number of furan rings is 1. The molecule has 0 spiro atoms. The minimum absolute atomic E-state index is 0.233. The molecule has 2 aromatic heterocycles. The molecule has 0 saturated heterocycles. The molecule has 0 saturated carbocycles. The number of nitrogens with one attached hydrogen (secondary N) is 1. The van der Waals surface area contributed by atoms with Crippen molar-refractivity contribution >= 4 is 50.5 Å². The summed E-state index contributed by atoms with van der Waals surface area (Å²) in [5.74, 6) is 0.456. The van der Waals surface area contributed by atoms with Crippen molar-refractivity contribution in [1.29, 1.82) is 0 Å². The maximum atomic E-state index is 12.2. The molecule has 0 bridgehead atoms. The summed E-state index contributed by atoms with van der Waals surface area (Å²) < 4.78 is 6.06. The van der Waals surface area contributed by atoms with Gasteiger partial charge in [-0.1, -0.05) is 29.3 Å². The Bertz CT molecular complexity index is 765. The zero-order valence-corrected chi connectivity index (χ0v) is 12.5. The summed E-state index contributed by atoms with van der Waals surface area (Å²) in [5, 5.41) is 4.44. The van der Waals surface area contributed by atoms with Gasteiger partial charge in [0.15, 0.2) is 0 Å². The SMILES string of the molecule is O=C(NCc1ccco1)c1sc2cccc(Cl)c2c1Cl. The van der Waals surface area contributed by atoms with E-state index in [1.165, 1.54) is 11.3 Å². The Morgan fingerprint density at radius 3 is 2.80 bits per heavy atom. The van der Waals surface area contributed by atoms with E-state index in [0.717, 1.165) is 10.1 Å². The first-order chi connectivity index (χ1) is 9.66. The highest BCUT2D eigenvalue weighted by atomic mass is 35.5. The molecule has 0 fully saturated rings. The number of carbonyl (C=O) groups excluding carboxylic acids is 1. The lowest BCUT2D eigenvalue weighted by Gasteiger charge is -2.01. The summed E-state index contributed by atoms with van der Waals surface area (Å²) in [6, 6.07) is 9.05. The molecule has 20 heavy (non-hydrogen) atoms. The maximum Gasteiger partial charge on any atom is 0.263 e. The summed E-state index contributed by atoms with van der Waals surface area (Å²) in [6.07, 6.45) is 1.56. The molecule has 0 aliphatic rings. The molecule has 3 aromatic rings. The molecule has 0 unspecified atom stereocenters. The number of hydrogen-bond donors (Lipinski definition) is 1. The average molecular weight is 326 g/mol. The third-order valence-corrected chi connectivity index (χ3v) is 4.77. The van der Waals surface area contributed by atoms with E-state index < -0.39 is 0 Å². The van der Waals surface area contributed by atoms with E-state index >= 15 is 0 Å². The first kappa shape index (κ1) is 13.5. The average Bonchev–Trinajstić information content (AvgIpc) is 3.05. The highest BCUT2D eigenvalue weighted by molar-refractivity contribution is 7.21. The lowest BCUT2D eigenvalue weighted by molar-refractivity contribution is 0.0952. The third kappa shape index (κ3) is 2.42. The highest BCUT2D eigenvalue weighted by Crippen LogP contribution is 2.39. The van der Waals surface area contributed by atoms with Crippen molar-refractivity contribution in [3.8, 4) is 0 Å². The Hall–Kier alpha value is -1.49. The van der Waals surface area contributed by atoms with Crippen LogP contribution in [0.3, 0.4) is 0 Å². The van der Waals surface area contributed by atoms with E-state index in [4.69, 9.17) is 27.6 Å². The van der Waals surface area contributed by atoms with Gasteiger partial charge in [0.1, 0.15) is 10.6 Å². The Kier molecular flexibility index (Phi) is 3.70. The molecule has 1 aromatic carbocycles. The van der Waals surface area contributed by atoms with Crippen molar-refractivity contribution in [3.63, 3.8) is 0 Å². The lowest BCUT2D eigenvalue weighted by atomic mass is 10.2. The van der Waals surface area contributed by atoms with Crippen LogP contribution >= 0.6 is 34.5 Å². The Morgan fingerprint density at radius 1 is 1.25 bits per heavy atom. The van der Waals surface area contributed by atoms with Crippen LogP contribution in [0.4, 0.5) is 0 Å². The topological polar surface area (TPSA) is 42.2 Å². The van der Waals surface area contributed by atoms with Crippen LogP contribution in [-0.2, 0) is 6.54 Å². The van der Waals surface area contributed by atoms with Gasteiger partial charge in [-0.3, -0.25) is 4.79 Å². The van der Waals surface area contributed by atoms with Crippen molar-refractivity contribution in [1.82, 2.24) is 5.32 Å². The van der Waals surface area contributed by atoms with Crippen LogP contribution in [0.15, 0.2) is 41.0 Å². The van der Waals surface area contributed by atoms with Crippen molar-refractivity contribution in [2.45, 2.75) is 6.54 Å². The summed E-state index contributed by atoms with van der Waals surface area (Å²) in [6.45, 7) is 0.324. The molecule has 0 aliphatic carbocycles. The van der Waals surface area contributed by atoms with E-state index in [0.29, 0.717) is 27.2 Å².